The Morgan fingerprint density at radius 3 is 2.48 bits per heavy atom. The number of aromatic carboxylic acids is 1. The van der Waals surface area contributed by atoms with E-state index in [1.165, 1.54) is 7.11 Å². The van der Waals surface area contributed by atoms with Crippen LogP contribution in [0.2, 0.25) is 0 Å². The van der Waals surface area contributed by atoms with Crippen molar-refractivity contribution in [3.05, 3.63) is 60.2 Å². The smallest absolute Gasteiger partial charge is 0.337 e. The summed E-state index contributed by atoms with van der Waals surface area (Å²) in [6.45, 7) is 0. The van der Waals surface area contributed by atoms with Crippen molar-refractivity contribution >= 4 is 16.9 Å². The molecule has 0 aliphatic heterocycles. The van der Waals surface area contributed by atoms with E-state index in [4.69, 9.17) is 4.74 Å². The summed E-state index contributed by atoms with van der Waals surface area (Å²) in [5.74, 6) is -0.601. The molecule has 0 aliphatic rings. The minimum Gasteiger partial charge on any atom is -0.481 e. The van der Waals surface area contributed by atoms with Crippen molar-refractivity contribution in [3.63, 3.8) is 0 Å². The maximum absolute atomic E-state index is 11.5. The molecule has 1 heterocycles. The number of carboxylic acids is 1. The molecule has 0 radical (unpaired) electrons. The summed E-state index contributed by atoms with van der Waals surface area (Å²) >= 11 is 0. The van der Waals surface area contributed by atoms with E-state index in [1.807, 2.05) is 42.5 Å². The topological polar surface area (TPSA) is 59.4 Å². The first-order chi connectivity index (χ1) is 10.2. The van der Waals surface area contributed by atoms with Crippen LogP contribution in [0.4, 0.5) is 0 Å². The molecule has 0 unspecified atom stereocenters. The molecule has 21 heavy (non-hydrogen) atoms. The zero-order valence-corrected chi connectivity index (χ0v) is 11.4. The van der Waals surface area contributed by atoms with Crippen LogP contribution in [-0.4, -0.2) is 23.2 Å². The summed E-state index contributed by atoms with van der Waals surface area (Å²) in [4.78, 5) is 15.8. The average Bonchev–Trinajstić information content (AvgIpc) is 2.54. The molecule has 0 atom stereocenters. The molecule has 1 aromatic heterocycles. The van der Waals surface area contributed by atoms with Crippen LogP contribution >= 0.6 is 0 Å². The fourth-order valence-electron chi connectivity index (χ4n) is 2.29. The van der Waals surface area contributed by atoms with Gasteiger partial charge in [0.2, 0.25) is 5.88 Å². The molecule has 4 heteroatoms. The second-order valence-corrected chi connectivity index (χ2v) is 4.62. The van der Waals surface area contributed by atoms with Crippen molar-refractivity contribution < 1.29 is 14.6 Å². The number of pyridine rings is 1. The number of carboxylic acid groups (broad SMARTS) is 1. The number of hydrogen-bond acceptors (Lipinski definition) is 3. The fraction of sp³-hybridized carbons (Fsp3) is 0.0588. The van der Waals surface area contributed by atoms with Gasteiger partial charge >= 0.3 is 5.97 Å². The van der Waals surface area contributed by atoms with E-state index in [0.29, 0.717) is 11.4 Å². The highest BCUT2D eigenvalue weighted by Crippen LogP contribution is 2.28. The highest BCUT2D eigenvalue weighted by molar-refractivity contribution is 6.04. The van der Waals surface area contributed by atoms with Crippen molar-refractivity contribution in [2.45, 2.75) is 0 Å². The number of hydrogen-bond donors (Lipinski definition) is 1. The van der Waals surface area contributed by atoms with E-state index in [-0.39, 0.29) is 5.56 Å². The van der Waals surface area contributed by atoms with Gasteiger partial charge in [0.15, 0.2) is 0 Å². The van der Waals surface area contributed by atoms with Gasteiger partial charge in [-0.15, -0.1) is 0 Å². The molecule has 0 fully saturated rings. The quantitative estimate of drug-likeness (QED) is 0.795. The third kappa shape index (κ3) is 2.43. The van der Waals surface area contributed by atoms with E-state index in [0.717, 1.165) is 16.5 Å². The maximum Gasteiger partial charge on any atom is 0.337 e. The van der Waals surface area contributed by atoms with Gasteiger partial charge in [-0.05, 0) is 29.3 Å². The van der Waals surface area contributed by atoms with Gasteiger partial charge in [0.25, 0.3) is 0 Å². The van der Waals surface area contributed by atoms with E-state index in [9.17, 15) is 9.90 Å². The fourth-order valence-corrected chi connectivity index (χ4v) is 2.29. The monoisotopic (exact) mass is 279 g/mol. The van der Waals surface area contributed by atoms with Crippen molar-refractivity contribution in [2.75, 3.05) is 7.11 Å². The van der Waals surface area contributed by atoms with Crippen LogP contribution in [0, 0.1) is 0 Å². The first-order valence-corrected chi connectivity index (χ1v) is 6.46. The van der Waals surface area contributed by atoms with Crippen LogP contribution < -0.4 is 4.74 Å². The molecule has 0 bridgehead atoms. The van der Waals surface area contributed by atoms with Gasteiger partial charge < -0.3 is 9.84 Å². The van der Waals surface area contributed by atoms with Crippen molar-refractivity contribution in [1.29, 1.82) is 0 Å². The standard InChI is InChI=1S/C17H13NO3/c1-21-15-8-7-12-9-13(11-5-3-2-4-6-11)10-14(17(19)20)16(12)18-15/h2-10H,1H3,(H,19,20). The third-order valence-corrected chi connectivity index (χ3v) is 3.31. The number of rotatable bonds is 3. The third-order valence-electron chi connectivity index (χ3n) is 3.31. The zero-order valence-electron chi connectivity index (χ0n) is 11.4. The number of carbonyl (C=O) groups is 1. The molecular weight excluding hydrogens is 266 g/mol. The molecule has 3 rings (SSSR count). The van der Waals surface area contributed by atoms with E-state index < -0.39 is 5.97 Å². The molecule has 3 aromatic rings. The molecule has 4 nitrogen and oxygen atoms in total. The van der Waals surface area contributed by atoms with Crippen LogP contribution in [0.15, 0.2) is 54.6 Å². The summed E-state index contributed by atoms with van der Waals surface area (Å²) in [7, 11) is 1.51. The molecular formula is C17H13NO3. The van der Waals surface area contributed by atoms with Gasteiger partial charge in [0.05, 0.1) is 18.2 Å². The van der Waals surface area contributed by atoms with Gasteiger partial charge in [0.1, 0.15) is 0 Å². The first-order valence-electron chi connectivity index (χ1n) is 6.46. The van der Waals surface area contributed by atoms with Gasteiger partial charge in [-0.3, -0.25) is 0 Å². The Labute approximate surface area is 121 Å². The normalized spacial score (nSPS) is 10.5. The molecule has 1 N–H and O–H groups in total. The van der Waals surface area contributed by atoms with Crippen LogP contribution in [0.25, 0.3) is 22.0 Å². The van der Waals surface area contributed by atoms with Crippen LogP contribution in [0.5, 0.6) is 5.88 Å². The maximum atomic E-state index is 11.5. The molecule has 2 aromatic carbocycles. The zero-order chi connectivity index (χ0) is 14.8. The number of ether oxygens (including phenoxy) is 1. The van der Waals surface area contributed by atoms with Crippen molar-refractivity contribution in [1.82, 2.24) is 4.98 Å². The Morgan fingerprint density at radius 2 is 1.81 bits per heavy atom. The Balaban J connectivity index is 2.29. The number of fused-ring (bicyclic) bond motifs is 1. The predicted molar refractivity (Wildman–Crippen MR) is 80.7 cm³/mol. The largest absolute Gasteiger partial charge is 0.481 e. The summed E-state index contributed by atoms with van der Waals surface area (Å²) in [5.41, 5.74) is 2.43. The Bertz CT molecular complexity index is 813. The number of methoxy groups -OCH3 is 1. The van der Waals surface area contributed by atoms with Crippen molar-refractivity contribution in [2.24, 2.45) is 0 Å². The van der Waals surface area contributed by atoms with Crippen LogP contribution in [0.1, 0.15) is 10.4 Å². The molecule has 0 saturated carbocycles. The predicted octanol–water partition coefficient (Wildman–Crippen LogP) is 3.61. The Kier molecular flexibility index (Phi) is 3.28. The molecule has 0 aliphatic carbocycles. The molecule has 0 amide bonds. The van der Waals surface area contributed by atoms with E-state index in [2.05, 4.69) is 4.98 Å². The first kappa shape index (κ1) is 13.1. The minimum atomic E-state index is -1.00. The molecule has 0 saturated heterocycles. The van der Waals surface area contributed by atoms with Gasteiger partial charge in [-0.1, -0.05) is 30.3 Å². The lowest BCUT2D eigenvalue weighted by Gasteiger charge is -2.08. The lowest BCUT2D eigenvalue weighted by Crippen LogP contribution is -2.00. The molecule has 104 valence electrons. The second kappa shape index (κ2) is 5.25. The summed E-state index contributed by atoms with van der Waals surface area (Å²) in [5, 5.41) is 10.2. The van der Waals surface area contributed by atoms with Crippen LogP contribution in [-0.2, 0) is 0 Å². The highest BCUT2D eigenvalue weighted by Gasteiger charge is 2.13. The average molecular weight is 279 g/mol. The number of nitrogens with zero attached hydrogens (tertiary/aromatic N) is 1. The lowest BCUT2D eigenvalue weighted by atomic mass is 9.99. The van der Waals surface area contributed by atoms with Gasteiger partial charge in [0, 0.05) is 11.5 Å². The van der Waals surface area contributed by atoms with Gasteiger partial charge in [-0.25, -0.2) is 9.78 Å². The Morgan fingerprint density at radius 1 is 1.05 bits per heavy atom. The second-order valence-electron chi connectivity index (χ2n) is 4.62. The van der Waals surface area contributed by atoms with Gasteiger partial charge in [-0.2, -0.15) is 0 Å². The molecule has 0 spiro atoms. The summed E-state index contributed by atoms with van der Waals surface area (Å²) in [6.07, 6.45) is 0. The number of aromatic nitrogens is 1. The number of benzene rings is 2. The van der Waals surface area contributed by atoms with E-state index in [1.54, 1.807) is 12.1 Å². The summed E-state index contributed by atoms with van der Waals surface area (Å²) in [6, 6.07) is 16.8. The summed E-state index contributed by atoms with van der Waals surface area (Å²) < 4.78 is 5.07. The highest BCUT2D eigenvalue weighted by atomic mass is 16.5. The van der Waals surface area contributed by atoms with Crippen molar-refractivity contribution in [3.8, 4) is 17.0 Å². The SMILES string of the molecule is COc1ccc2cc(-c3ccccc3)cc(C(=O)O)c2n1. The lowest BCUT2D eigenvalue weighted by molar-refractivity contribution is 0.0699. The Hall–Kier alpha value is -2.88. The van der Waals surface area contributed by atoms with E-state index >= 15 is 0 Å². The van der Waals surface area contributed by atoms with Crippen LogP contribution in [0.3, 0.4) is 0 Å². The minimum absolute atomic E-state index is 0.172.